The first-order valence-electron chi connectivity index (χ1n) is 5.32. The van der Waals surface area contributed by atoms with Gasteiger partial charge in [-0.25, -0.2) is 4.98 Å². The summed E-state index contributed by atoms with van der Waals surface area (Å²) in [4.78, 5) is 8.19. The highest BCUT2D eigenvalue weighted by Gasteiger charge is 2.06. The molecule has 0 aromatic carbocycles. The molecule has 0 saturated carbocycles. The van der Waals surface area contributed by atoms with Gasteiger partial charge in [0.2, 0.25) is 0 Å². The van der Waals surface area contributed by atoms with E-state index in [4.69, 9.17) is 5.73 Å². The van der Waals surface area contributed by atoms with Gasteiger partial charge in [0, 0.05) is 11.9 Å². The molecule has 3 aromatic rings. The van der Waals surface area contributed by atoms with Crippen molar-refractivity contribution in [3.05, 3.63) is 42.5 Å². The molecule has 0 bridgehead atoms. The molecule has 0 fully saturated rings. The zero-order chi connectivity index (χ0) is 12.4. The van der Waals surface area contributed by atoms with Crippen LogP contribution in [0.2, 0.25) is 0 Å². The molecular formula is C11H10N6S. The summed E-state index contributed by atoms with van der Waals surface area (Å²) in [5.74, 6) is 1.11. The van der Waals surface area contributed by atoms with Crippen molar-refractivity contribution in [1.29, 1.82) is 0 Å². The average molecular weight is 258 g/mol. The van der Waals surface area contributed by atoms with Gasteiger partial charge in [-0.05, 0) is 12.1 Å². The Hall–Kier alpha value is -2.15. The first-order valence-corrected chi connectivity index (χ1v) is 6.30. The van der Waals surface area contributed by atoms with E-state index in [1.54, 1.807) is 24.2 Å². The van der Waals surface area contributed by atoms with Crippen molar-refractivity contribution in [2.75, 3.05) is 5.73 Å². The Balaban J connectivity index is 1.79. The number of thioether (sulfide) groups is 1. The summed E-state index contributed by atoms with van der Waals surface area (Å²) in [6, 6.07) is 5.80. The normalized spacial score (nSPS) is 10.9. The van der Waals surface area contributed by atoms with E-state index in [2.05, 4.69) is 20.2 Å². The minimum atomic E-state index is 0.427. The van der Waals surface area contributed by atoms with E-state index in [1.807, 2.05) is 28.8 Å². The van der Waals surface area contributed by atoms with Gasteiger partial charge in [0.1, 0.15) is 5.82 Å². The third-order valence-corrected chi connectivity index (χ3v) is 3.33. The van der Waals surface area contributed by atoms with Crippen molar-refractivity contribution in [3.8, 4) is 0 Å². The fourth-order valence-corrected chi connectivity index (χ4v) is 2.31. The van der Waals surface area contributed by atoms with Gasteiger partial charge in [0.25, 0.3) is 0 Å². The minimum Gasteiger partial charge on any atom is -0.382 e. The largest absolute Gasteiger partial charge is 0.382 e. The van der Waals surface area contributed by atoms with Crippen molar-refractivity contribution in [2.24, 2.45) is 0 Å². The summed E-state index contributed by atoms with van der Waals surface area (Å²) >= 11 is 1.56. The predicted octanol–water partition coefficient (Wildman–Crippen LogP) is 1.39. The van der Waals surface area contributed by atoms with E-state index in [0.717, 1.165) is 16.5 Å². The van der Waals surface area contributed by atoms with Crippen LogP contribution in [0, 0.1) is 0 Å². The average Bonchev–Trinajstić information content (AvgIpc) is 2.82. The number of hydrogen-bond donors (Lipinski definition) is 1. The summed E-state index contributed by atoms with van der Waals surface area (Å²) in [6.45, 7) is 0. The van der Waals surface area contributed by atoms with Gasteiger partial charge in [-0.1, -0.05) is 17.8 Å². The van der Waals surface area contributed by atoms with Crippen LogP contribution in [0.25, 0.3) is 5.65 Å². The van der Waals surface area contributed by atoms with Gasteiger partial charge in [0.15, 0.2) is 10.8 Å². The molecule has 0 aliphatic carbocycles. The molecule has 90 valence electrons. The number of nitrogen functional groups attached to an aromatic ring is 1. The van der Waals surface area contributed by atoms with Crippen molar-refractivity contribution >= 4 is 23.2 Å². The van der Waals surface area contributed by atoms with Crippen LogP contribution in [0.1, 0.15) is 5.69 Å². The molecule has 0 saturated heterocycles. The van der Waals surface area contributed by atoms with Crippen LogP contribution in [0.15, 0.2) is 41.9 Å². The number of hydrogen-bond acceptors (Lipinski definition) is 6. The van der Waals surface area contributed by atoms with E-state index in [9.17, 15) is 0 Å². The molecule has 0 spiro atoms. The summed E-state index contributed by atoms with van der Waals surface area (Å²) < 4.78 is 1.94. The lowest BCUT2D eigenvalue weighted by Crippen LogP contribution is -1.95. The quantitative estimate of drug-likeness (QED) is 0.715. The first kappa shape index (κ1) is 11.0. The van der Waals surface area contributed by atoms with Crippen LogP contribution >= 0.6 is 11.8 Å². The maximum Gasteiger partial charge on any atom is 0.195 e. The van der Waals surface area contributed by atoms with E-state index < -0.39 is 0 Å². The maximum absolute atomic E-state index is 5.48. The Bertz CT molecular complexity index is 663. The minimum absolute atomic E-state index is 0.427. The summed E-state index contributed by atoms with van der Waals surface area (Å²) in [5.41, 5.74) is 7.18. The second-order valence-electron chi connectivity index (χ2n) is 3.63. The van der Waals surface area contributed by atoms with Crippen LogP contribution in [0.5, 0.6) is 0 Å². The molecule has 6 nitrogen and oxygen atoms in total. The zero-order valence-corrected chi connectivity index (χ0v) is 10.2. The Morgan fingerprint density at radius 3 is 2.94 bits per heavy atom. The molecular weight excluding hydrogens is 248 g/mol. The van der Waals surface area contributed by atoms with Gasteiger partial charge < -0.3 is 5.73 Å². The van der Waals surface area contributed by atoms with Crippen molar-refractivity contribution < 1.29 is 0 Å². The third-order valence-electron chi connectivity index (χ3n) is 2.36. The SMILES string of the molecule is Nc1cnc(CSc2nnc3ccccn23)cn1. The monoisotopic (exact) mass is 258 g/mol. The number of fused-ring (bicyclic) bond motifs is 1. The molecule has 0 unspecified atom stereocenters. The number of nitrogens with zero attached hydrogens (tertiary/aromatic N) is 5. The summed E-state index contributed by atoms with van der Waals surface area (Å²) in [6.07, 6.45) is 5.16. The Labute approximate surface area is 107 Å². The second-order valence-corrected chi connectivity index (χ2v) is 4.58. The van der Waals surface area contributed by atoms with Gasteiger partial charge >= 0.3 is 0 Å². The lowest BCUT2D eigenvalue weighted by atomic mass is 10.5. The van der Waals surface area contributed by atoms with Crippen LogP contribution in [0.4, 0.5) is 5.82 Å². The first-order chi connectivity index (χ1) is 8.83. The van der Waals surface area contributed by atoms with E-state index in [1.165, 1.54) is 0 Å². The van der Waals surface area contributed by atoms with Gasteiger partial charge in [-0.15, -0.1) is 10.2 Å². The topological polar surface area (TPSA) is 82.0 Å². The van der Waals surface area contributed by atoms with E-state index in [-0.39, 0.29) is 0 Å². The molecule has 7 heteroatoms. The molecule has 0 aliphatic rings. The highest BCUT2D eigenvalue weighted by molar-refractivity contribution is 7.98. The molecule has 0 amide bonds. The maximum atomic E-state index is 5.48. The van der Waals surface area contributed by atoms with Crippen LogP contribution in [0.3, 0.4) is 0 Å². The third kappa shape index (κ3) is 2.12. The fraction of sp³-hybridized carbons (Fsp3) is 0.0909. The highest BCUT2D eigenvalue weighted by atomic mass is 32.2. The number of nitrogens with two attached hydrogens (primary N) is 1. The lowest BCUT2D eigenvalue weighted by molar-refractivity contribution is 0.919. The van der Waals surface area contributed by atoms with Crippen LogP contribution < -0.4 is 5.73 Å². The molecule has 3 heterocycles. The lowest BCUT2D eigenvalue weighted by Gasteiger charge is -1.99. The molecule has 0 aliphatic heterocycles. The number of rotatable bonds is 3. The fourth-order valence-electron chi connectivity index (χ4n) is 1.50. The summed E-state index contributed by atoms with van der Waals surface area (Å²) in [5, 5.41) is 9.05. The van der Waals surface area contributed by atoms with E-state index >= 15 is 0 Å². The van der Waals surface area contributed by atoms with Crippen molar-refractivity contribution in [3.63, 3.8) is 0 Å². The predicted molar refractivity (Wildman–Crippen MR) is 69.0 cm³/mol. The Morgan fingerprint density at radius 1 is 1.17 bits per heavy atom. The smallest absolute Gasteiger partial charge is 0.195 e. The second kappa shape index (κ2) is 4.61. The highest BCUT2D eigenvalue weighted by Crippen LogP contribution is 2.20. The van der Waals surface area contributed by atoms with E-state index in [0.29, 0.717) is 11.6 Å². The molecule has 2 N–H and O–H groups in total. The standard InChI is InChI=1S/C11H10N6S/c12-9-6-13-8(5-14-9)7-18-11-16-15-10-3-1-2-4-17(10)11/h1-6H,7H2,(H2,12,14). The molecule has 18 heavy (non-hydrogen) atoms. The number of aromatic nitrogens is 5. The molecule has 3 rings (SSSR count). The Morgan fingerprint density at radius 2 is 2.11 bits per heavy atom. The molecule has 0 atom stereocenters. The zero-order valence-electron chi connectivity index (χ0n) is 9.39. The summed E-state index contributed by atoms with van der Waals surface area (Å²) in [7, 11) is 0. The Kier molecular flexibility index (Phi) is 2.81. The van der Waals surface area contributed by atoms with Gasteiger partial charge in [0.05, 0.1) is 18.1 Å². The number of anilines is 1. The van der Waals surface area contributed by atoms with Crippen LogP contribution in [-0.2, 0) is 5.75 Å². The molecule has 0 radical (unpaired) electrons. The number of pyridine rings is 1. The van der Waals surface area contributed by atoms with Crippen molar-refractivity contribution in [2.45, 2.75) is 10.9 Å². The van der Waals surface area contributed by atoms with Crippen LogP contribution in [-0.4, -0.2) is 24.6 Å². The molecule has 3 aromatic heterocycles. The van der Waals surface area contributed by atoms with Gasteiger partial charge in [-0.3, -0.25) is 9.38 Å². The van der Waals surface area contributed by atoms with Gasteiger partial charge in [-0.2, -0.15) is 0 Å². The van der Waals surface area contributed by atoms with Crippen molar-refractivity contribution in [1.82, 2.24) is 24.6 Å².